The van der Waals surface area contributed by atoms with Crippen molar-refractivity contribution >= 4 is 34.3 Å². The first-order valence-corrected chi connectivity index (χ1v) is 10.2. The monoisotopic (exact) mass is 402 g/mol. The van der Waals surface area contributed by atoms with Crippen molar-refractivity contribution in [1.82, 2.24) is 4.98 Å². The lowest BCUT2D eigenvalue weighted by Crippen LogP contribution is -2.13. The number of hydrogen-bond acceptors (Lipinski definition) is 4. The fourth-order valence-corrected chi connectivity index (χ4v) is 4.38. The maximum atomic E-state index is 12.6. The molecule has 0 aliphatic carbocycles. The first-order chi connectivity index (χ1) is 14.3. The second kappa shape index (κ2) is 7.56. The second-order valence-electron chi connectivity index (χ2n) is 6.65. The molecule has 0 bridgehead atoms. The standard InChI is InChI=1S/C23H18N2O3S/c26-21(24-16-10-11-19-20(12-16)28-14-27-19)13-29-23-17-8-4-5-9-18(17)25-22(23)15-6-2-1-3-7-15/h1-12,25H,13-14H2,(H,24,26). The summed E-state index contributed by atoms with van der Waals surface area (Å²) >= 11 is 1.53. The lowest BCUT2D eigenvalue weighted by molar-refractivity contribution is -0.113. The van der Waals surface area contributed by atoms with Crippen LogP contribution < -0.4 is 14.8 Å². The van der Waals surface area contributed by atoms with Crippen molar-refractivity contribution in [3.8, 4) is 22.8 Å². The van der Waals surface area contributed by atoms with Crippen LogP contribution in [0, 0.1) is 0 Å². The Labute approximate surface area is 172 Å². The molecule has 0 saturated heterocycles. The molecule has 0 radical (unpaired) electrons. The average molecular weight is 402 g/mol. The number of H-pyrrole nitrogens is 1. The van der Waals surface area contributed by atoms with Crippen molar-refractivity contribution < 1.29 is 14.3 Å². The van der Waals surface area contributed by atoms with Crippen LogP contribution in [0.2, 0.25) is 0 Å². The van der Waals surface area contributed by atoms with E-state index in [-0.39, 0.29) is 12.7 Å². The van der Waals surface area contributed by atoms with Gasteiger partial charge in [0.15, 0.2) is 11.5 Å². The molecule has 5 nitrogen and oxygen atoms in total. The highest BCUT2D eigenvalue weighted by Gasteiger charge is 2.17. The lowest BCUT2D eigenvalue weighted by Gasteiger charge is -2.07. The molecule has 1 amide bonds. The van der Waals surface area contributed by atoms with E-state index in [1.165, 1.54) is 11.8 Å². The van der Waals surface area contributed by atoms with Crippen LogP contribution in [0.4, 0.5) is 5.69 Å². The van der Waals surface area contributed by atoms with Gasteiger partial charge in [0.25, 0.3) is 0 Å². The summed E-state index contributed by atoms with van der Waals surface area (Å²) in [5.74, 6) is 1.58. The van der Waals surface area contributed by atoms with Crippen LogP contribution in [0.3, 0.4) is 0 Å². The fourth-order valence-electron chi connectivity index (χ4n) is 3.38. The van der Waals surface area contributed by atoms with Crippen LogP contribution >= 0.6 is 11.8 Å². The summed E-state index contributed by atoms with van der Waals surface area (Å²) in [4.78, 5) is 17.2. The Morgan fingerprint density at radius 2 is 1.76 bits per heavy atom. The number of para-hydroxylation sites is 1. The number of hydrogen-bond donors (Lipinski definition) is 2. The molecule has 0 spiro atoms. The molecule has 1 aromatic heterocycles. The Balaban J connectivity index is 1.37. The van der Waals surface area contributed by atoms with E-state index in [0.29, 0.717) is 22.9 Å². The number of carbonyl (C=O) groups is 1. The third-order valence-electron chi connectivity index (χ3n) is 4.72. The Kier molecular flexibility index (Phi) is 4.62. The van der Waals surface area contributed by atoms with Gasteiger partial charge >= 0.3 is 0 Å². The molecular weight excluding hydrogens is 384 g/mol. The van der Waals surface area contributed by atoms with Crippen LogP contribution in [-0.2, 0) is 4.79 Å². The van der Waals surface area contributed by atoms with Gasteiger partial charge in [-0.1, -0.05) is 48.5 Å². The van der Waals surface area contributed by atoms with Gasteiger partial charge in [0, 0.05) is 27.6 Å². The van der Waals surface area contributed by atoms with E-state index >= 15 is 0 Å². The van der Waals surface area contributed by atoms with E-state index in [0.717, 1.165) is 27.1 Å². The van der Waals surface area contributed by atoms with Gasteiger partial charge in [0.1, 0.15) is 0 Å². The van der Waals surface area contributed by atoms with Crippen LogP contribution in [0.25, 0.3) is 22.2 Å². The maximum absolute atomic E-state index is 12.6. The summed E-state index contributed by atoms with van der Waals surface area (Å²) in [5.41, 5.74) is 3.89. The molecule has 0 saturated carbocycles. The van der Waals surface area contributed by atoms with Crippen LogP contribution in [0.5, 0.6) is 11.5 Å². The minimum atomic E-state index is -0.0711. The molecule has 2 N–H and O–H groups in total. The normalized spacial score (nSPS) is 12.3. The van der Waals surface area contributed by atoms with Gasteiger partial charge in [-0.25, -0.2) is 0 Å². The van der Waals surface area contributed by atoms with Gasteiger partial charge in [-0.15, -0.1) is 11.8 Å². The summed E-state index contributed by atoms with van der Waals surface area (Å²) in [6.45, 7) is 0.214. The fraction of sp³-hybridized carbons (Fsp3) is 0.0870. The third-order valence-corrected chi connectivity index (χ3v) is 5.84. The van der Waals surface area contributed by atoms with Crippen molar-refractivity contribution in [3.63, 3.8) is 0 Å². The predicted octanol–water partition coefficient (Wildman–Crippen LogP) is 5.29. The molecule has 144 valence electrons. The van der Waals surface area contributed by atoms with Crippen molar-refractivity contribution in [2.45, 2.75) is 4.90 Å². The number of rotatable bonds is 5. The van der Waals surface area contributed by atoms with Gasteiger partial charge in [0.05, 0.1) is 11.4 Å². The van der Waals surface area contributed by atoms with Gasteiger partial charge in [-0.2, -0.15) is 0 Å². The number of ether oxygens (including phenoxy) is 2. The molecule has 0 unspecified atom stereocenters. The van der Waals surface area contributed by atoms with Crippen molar-refractivity contribution in [2.24, 2.45) is 0 Å². The van der Waals surface area contributed by atoms with Gasteiger partial charge in [0.2, 0.25) is 12.7 Å². The van der Waals surface area contributed by atoms with Crippen molar-refractivity contribution in [3.05, 3.63) is 72.8 Å². The molecule has 0 fully saturated rings. The molecule has 6 heteroatoms. The first kappa shape index (κ1) is 17.7. The van der Waals surface area contributed by atoms with Crippen molar-refractivity contribution in [2.75, 3.05) is 17.9 Å². The van der Waals surface area contributed by atoms with Crippen LogP contribution in [0.15, 0.2) is 77.7 Å². The molecule has 29 heavy (non-hydrogen) atoms. The lowest BCUT2D eigenvalue weighted by atomic mass is 10.1. The van der Waals surface area contributed by atoms with Gasteiger partial charge < -0.3 is 19.8 Å². The molecule has 1 aliphatic heterocycles. The zero-order valence-electron chi connectivity index (χ0n) is 15.5. The third kappa shape index (κ3) is 3.54. The Hall–Kier alpha value is -3.38. The SMILES string of the molecule is O=C(CSc1c(-c2ccccc2)[nH]c2ccccc12)Nc1ccc2c(c1)OCO2. The van der Waals surface area contributed by atoms with E-state index in [1.807, 2.05) is 36.4 Å². The zero-order chi connectivity index (χ0) is 19.6. The highest BCUT2D eigenvalue weighted by atomic mass is 32.2. The summed E-state index contributed by atoms with van der Waals surface area (Å²) in [6, 6.07) is 23.7. The van der Waals surface area contributed by atoms with E-state index in [9.17, 15) is 4.79 Å². The number of aromatic nitrogens is 1. The second-order valence-corrected chi connectivity index (χ2v) is 7.63. The highest BCUT2D eigenvalue weighted by Crippen LogP contribution is 2.38. The number of anilines is 1. The number of aromatic amines is 1. The molecular formula is C23H18N2O3S. The number of thioether (sulfide) groups is 1. The predicted molar refractivity (Wildman–Crippen MR) is 116 cm³/mol. The van der Waals surface area contributed by atoms with Gasteiger partial charge in [-0.3, -0.25) is 4.79 Å². The minimum Gasteiger partial charge on any atom is -0.454 e. The highest BCUT2D eigenvalue weighted by molar-refractivity contribution is 8.00. The molecule has 4 aromatic rings. The largest absolute Gasteiger partial charge is 0.454 e. The van der Waals surface area contributed by atoms with E-state index < -0.39 is 0 Å². The summed E-state index contributed by atoms with van der Waals surface area (Å²) in [7, 11) is 0. The minimum absolute atomic E-state index is 0.0711. The first-order valence-electron chi connectivity index (χ1n) is 9.26. The van der Waals surface area contributed by atoms with E-state index in [4.69, 9.17) is 9.47 Å². The zero-order valence-corrected chi connectivity index (χ0v) is 16.3. The number of carbonyl (C=O) groups excluding carboxylic acids is 1. The number of fused-ring (bicyclic) bond motifs is 2. The maximum Gasteiger partial charge on any atom is 0.234 e. The number of amides is 1. The Morgan fingerprint density at radius 1 is 0.966 bits per heavy atom. The van der Waals surface area contributed by atoms with E-state index in [2.05, 4.69) is 34.6 Å². The molecule has 1 aliphatic rings. The molecule has 5 rings (SSSR count). The number of nitrogens with one attached hydrogen (secondary N) is 2. The Morgan fingerprint density at radius 3 is 2.66 bits per heavy atom. The van der Waals surface area contributed by atoms with E-state index in [1.54, 1.807) is 12.1 Å². The molecule has 0 atom stereocenters. The summed E-state index contributed by atoms with van der Waals surface area (Å²) in [5, 5.41) is 4.05. The molecule has 2 heterocycles. The summed E-state index contributed by atoms with van der Waals surface area (Å²) in [6.07, 6.45) is 0. The molecule has 3 aromatic carbocycles. The van der Waals surface area contributed by atoms with Crippen molar-refractivity contribution in [1.29, 1.82) is 0 Å². The van der Waals surface area contributed by atoms with Crippen LogP contribution in [0.1, 0.15) is 0 Å². The van der Waals surface area contributed by atoms with Gasteiger partial charge in [-0.05, 0) is 23.8 Å². The average Bonchev–Trinajstić information content (AvgIpc) is 3.37. The Bertz CT molecular complexity index is 1190. The van der Waals surface area contributed by atoms with Crippen LogP contribution in [-0.4, -0.2) is 23.4 Å². The quantitative estimate of drug-likeness (QED) is 0.445. The topological polar surface area (TPSA) is 63.4 Å². The summed E-state index contributed by atoms with van der Waals surface area (Å²) < 4.78 is 10.7. The smallest absolute Gasteiger partial charge is 0.234 e. The number of benzene rings is 3.